The van der Waals surface area contributed by atoms with Gasteiger partial charge in [0.2, 0.25) is 0 Å². The predicted octanol–water partition coefficient (Wildman–Crippen LogP) is 2.26. The maximum Gasteiger partial charge on any atom is 0.120 e. The molecule has 1 aromatic carbocycles. The maximum absolute atomic E-state index is 6.28. The second-order valence-corrected chi connectivity index (χ2v) is 5.04. The molecule has 2 unspecified atom stereocenters. The molecule has 2 N–H and O–H groups in total. The van der Waals surface area contributed by atoms with E-state index in [0.717, 1.165) is 25.4 Å². The second kappa shape index (κ2) is 4.67. The van der Waals surface area contributed by atoms with Crippen LogP contribution >= 0.6 is 0 Å². The van der Waals surface area contributed by atoms with Crippen molar-refractivity contribution in [1.82, 2.24) is 0 Å². The number of ether oxygens (including phenoxy) is 2. The molecule has 0 amide bonds. The highest BCUT2D eigenvalue weighted by Gasteiger charge is 2.26. The highest BCUT2D eigenvalue weighted by molar-refractivity contribution is 5.31. The van der Waals surface area contributed by atoms with Gasteiger partial charge in [-0.2, -0.15) is 0 Å². The van der Waals surface area contributed by atoms with E-state index in [1.54, 1.807) is 0 Å². The van der Waals surface area contributed by atoms with Crippen molar-refractivity contribution in [2.24, 2.45) is 11.7 Å². The Kier molecular flexibility index (Phi) is 3.04. The van der Waals surface area contributed by atoms with Gasteiger partial charge in [0.1, 0.15) is 5.75 Å². The molecule has 0 radical (unpaired) electrons. The first-order valence-corrected chi connectivity index (χ1v) is 6.43. The van der Waals surface area contributed by atoms with Crippen LogP contribution in [0.4, 0.5) is 0 Å². The Balaban J connectivity index is 1.71. The highest BCUT2D eigenvalue weighted by atomic mass is 16.5. The van der Waals surface area contributed by atoms with Gasteiger partial charge in [-0.15, -0.1) is 0 Å². The monoisotopic (exact) mass is 233 g/mol. The minimum atomic E-state index is 0.0697. The number of hydrogen-bond acceptors (Lipinski definition) is 3. The molecule has 3 rings (SSSR count). The highest BCUT2D eigenvalue weighted by Crippen LogP contribution is 2.31. The second-order valence-electron chi connectivity index (χ2n) is 5.04. The summed E-state index contributed by atoms with van der Waals surface area (Å²) < 4.78 is 11.2. The Labute approximate surface area is 102 Å². The van der Waals surface area contributed by atoms with E-state index in [9.17, 15) is 0 Å². The molecule has 0 aromatic heterocycles. The summed E-state index contributed by atoms with van der Waals surface area (Å²) in [5.41, 5.74) is 7.45. The molecule has 1 aliphatic carbocycles. The molecule has 1 saturated heterocycles. The molecule has 17 heavy (non-hydrogen) atoms. The summed E-state index contributed by atoms with van der Waals surface area (Å²) in [5.74, 6) is 1.41. The number of hydrogen-bond donors (Lipinski definition) is 1. The van der Waals surface area contributed by atoms with Crippen LogP contribution < -0.4 is 10.5 Å². The lowest BCUT2D eigenvalue weighted by atomic mass is 9.93. The van der Waals surface area contributed by atoms with E-state index in [2.05, 4.69) is 12.1 Å². The molecule has 2 fully saturated rings. The van der Waals surface area contributed by atoms with E-state index in [1.165, 1.54) is 18.4 Å². The number of nitrogens with two attached hydrogens (primary N) is 1. The van der Waals surface area contributed by atoms with E-state index in [0.29, 0.717) is 12.0 Å². The van der Waals surface area contributed by atoms with Crippen LogP contribution in [0.1, 0.15) is 30.9 Å². The first-order chi connectivity index (χ1) is 8.33. The topological polar surface area (TPSA) is 44.5 Å². The van der Waals surface area contributed by atoms with Crippen LogP contribution in [-0.2, 0) is 4.74 Å². The summed E-state index contributed by atoms with van der Waals surface area (Å²) in [6.45, 7) is 1.63. The van der Waals surface area contributed by atoms with E-state index in [1.807, 2.05) is 12.1 Å². The third kappa shape index (κ3) is 2.61. The predicted molar refractivity (Wildman–Crippen MR) is 65.9 cm³/mol. The quantitative estimate of drug-likeness (QED) is 0.867. The average Bonchev–Trinajstić information content (AvgIpc) is 2.99. The molecule has 3 nitrogen and oxygen atoms in total. The molecule has 3 heteroatoms. The molecule has 2 aliphatic rings. The van der Waals surface area contributed by atoms with Crippen molar-refractivity contribution in [3.8, 4) is 5.75 Å². The Morgan fingerprint density at radius 2 is 2.18 bits per heavy atom. The van der Waals surface area contributed by atoms with Gasteiger partial charge in [-0.25, -0.2) is 0 Å². The summed E-state index contributed by atoms with van der Waals surface area (Å²) in [6, 6.07) is 8.28. The summed E-state index contributed by atoms with van der Waals surface area (Å²) in [6.07, 6.45) is 3.88. The molecule has 0 bridgehead atoms. The van der Waals surface area contributed by atoms with Crippen molar-refractivity contribution in [3.63, 3.8) is 0 Å². The van der Waals surface area contributed by atoms with Crippen LogP contribution in [-0.4, -0.2) is 19.3 Å². The lowest BCUT2D eigenvalue weighted by Gasteiger charge is -2.18. The van der Waals surface area contributed by atoms with Gasteiger partial charge >= 0.3 is 0 Å². The fraction of sp³-hybridized carbons (Fsp3) is 0.571. The molecule has 2 atom stereocenters. The van der Waals surface area contributed by atoms with Crippen LogP contribution in [0.5, 0.6) is 5.75 Å². The fourth-order valence-corrected chi connectivity index (χ4v) is 2.28. The largest absolute Gasteiger partial charge is 0.490 e. The lowest BCUT2D eigenvalue weighted by Crippen LogP contribution is -2.21. The van der Waals surface area contributed by atoms with Gasteiger partial charge in [0.25, 0.3) is 0 Å². The number of rotatable bonds is 4. The van der Waals surface area contributed by atoms with Crippen molar-refractivity contribution >= 4 is 0 Å². The van der Waals surface area contributed by atoms with Gasteiger partial charge in [0.15, 0.2) is 0 Å². The third-order valence-electron chi connectivity index (χ3n) is 3.54. The molecule has 1 saturated carbocycles. The summed E-state index contributed by atoms with van der Waals surface area (Å²) >= 11 is 0. The Morgan fingerprint density at radius 1 is 1.29 bits per heavy atom. The fourth-order valence-electron chi connectivity index (χ4n) is 2.28. The summed E-state index contributed by atoms with van der Waals surface area (Å²) in [5, 5.41) is 0. The van der Waals surface area contributed by atoms with Crippen molar-refractivity contribution in [2.45, 2.75) is 31.4 Å². The Bertz CT molecular complexity index is 384. The minimum Gasteiger partial charge on any atom is -0.490 e. The summed E-state index contributed by atoms with van der Waals surface area (Å²) in [7, 11) is 0. The Morgan fingerprint density at radius 3 is 2.88 bits per heavy atom. The molecule has 1 heterocycles. The van der Waals surface area contributed by atoms with Crippen LogP contribution in [0.3, 0.4) is 0 Å². The first-order valence-electron chi connectivity index (χ1n) is 6.43. The van der Waals surface area contributed by atoms with Gasteiger partial charge in [0, 0.05) is 18.6 Å². The molecule has 92 valence electrons. The third-order valence-corrected chi connectivity index (χ3v) is 3.54. The summed E-state index contributed by atoms with van der Waals surface area (Å²) in [4.78, 5) is 0. The van der Waals surface area contributed by atoms with Crippen LogP contribution in [0.2, 0.25) is 0 Å². The standard InChI is InChI=1S/C14H19NO2/c15-14(11-6-7-16-9-11)10-2-1-3-13(8-10)17-12-4-5-12/h1-3,8,11-12,14H,4-7,9,15H2. The van der Waals surface area contributed by atoms with Gasteiger partial charge in [-0.05, 0) is 37.0 Å². The van der Waals surface area contributed by atoms with Crippen molar-refractivity contribution in [1.29, 1.82) is 0 Å². The van der Waals surface area contributed by atoms with E-state index in [4.69, 9.17) is 15.2 Å². The first kappa shape index (κ1) is 11.1. The normalized spacial score (nSPS) is 25.8. The lowest BCUT2D eigenvalue weighted by molar-refractivity contribution is 0.181. The molecular formula is C14H19NO2. The van der Waals surface area contributed by atoms with Crippen LogP contribution in [0.15, 0.2) is 24.3 Å². The minimum absolute atomic E-state index is 0.0697. The average molecular weight is 233 g/mol. The van der Waals surface area contributed by atoms with Crippen molar-refractivity contribution in [2.75, 3.05) is 13.2 Å². The maximum atomic E-state index is 6.28. The zero-order chi connectivity index (χ0) is 11.7. The zero-order valence-electron chi connectivity index (χ0n) is 9.97. The van der Waals surface area contributed by atoms with E-state index < -0.39 is 0 Å². The van der Waals surface area contributed by atoms with Gasteiger partial charge in [-0.3, -0.25) is 0 Å². The van der Waals surface area contributed by atoms with Gasteiger partial charge in [-0.1, -0.05) is 12.1 Å². The van der Waals surface area contributed by atoms with Crippen molar-refractivity contribution in [3.05, 3.63) is 29.8 Å². The smallest absolute Gasteiger partial charge is 0.120 e. The van der Waals surface area contributed by atoms with Gasteiger partial charge < -0.3 is 15.2 Å². The van der Waals surface area contributed by atoms with Gasteiger partial charge in [0.05, 0.1) is 12.7 Å². The molecule has 1 aliphatic heterocycles. The number of benzene rings is 1. The molecule has 0 spiro atoms. The SMILES string of the molecule is NC(c1cccc(OC2CC2)c1)C1CCOC1. The van der Waals surface area contributed by atoms with Crippen LogP contribution in [0.25, 0.3) is 0 Å². The van der Waals surface area contributed by atoms with Crippen LogP contribution in [0, 0.1) is 5.92 Å². The molecule has 1 aromatic rings. The van der Waals surface area contributed by atoms with E-state index >= 15 is 0 Å². The Hall–Kier alpha value is -1.06. The zero-order valence-corrected chi connectivity index (χ0v) is 9.97. The van der Waals surface area contributed by atoms with Crippen molar-refractivity contribution < 1.29 is 9.47 Å². The van der Waals surface area contributed by atoms with E-state index in [-0.39, 0.29) is 6.04 Å². The molecular weight excluding hydrogens is 214 g/mol.